The molecule has 0 saturated heterocycles. The monoisotopic (exact) mass is 320 g/mol. The molecule has 24 heavy (non-hydrogen) atoms. The van der Waals surface area contributed by atoms with Gasteiger partial charge in [-0.25, -0.2) is 4.79 Å². The SMILES string of the molecule is N#CCc1ccccc1C=CCCNC(=O)OCc1ccccc1. The predicted molar refractivity (Wildman–Crippen MR) is 94.0 cm³/mol. The summed E-state index contributed by atoms with van der Waals surface area (Å²) < 4.78 is 5.13. The summed E-state index contributed by atoms with van der Waals surface area (Å²) in [5, 5.41) is 11.5. The van der Waals surface area contributed by atoms with Gasteiger partial charge in [-0.15, -0.1) is 0 Å². The number of amides is 1. The standard InChI is InChI=1S/C20H20N2O2/c21-14-13-19-11-5-4-10-18(19)12-6-7-15-22-20(23)24-16-17-8-2-1-3-9-17/h1-6,8-12H,7,13,15-16H2,(H,22,23). The molecule has 0 radical (unpaired) electrons. The fourth-order valence-electron chi connectivity index (χ4n) is 2.18. The Labute approximate surface area is 142 Å². The lowest BCUT2D eigenvalue weighted by Gasteiger charge is -2.06. The molecular formula is C20H20N2O2. The van der Waals surface area contributed by atoms with Gasteiger partial charge in [0, 0.05) is 6.54 Å². The number of nitriles is 1. The molecule has 0 atom stereocenters. The second kappa shape index (κ2) is 9.86. The Morgan fingerprint density at radius 3 is 2.67 bits per heavy atom. The predicted octanol–water partition coefficient (Wildman–Crippen LogP) is 4.08. The fourth-order valence-corrected chi connectivity index (χ4v) is 2.18. The fraction of sp³-hybridized carbons (Fsp3) is 0.200. The van der Waals surface area contributed by atoms with Crippen LogP contribution in [0.25, 0.3) is 6.08 Å². The largest absolute Gasteiger partial charge is 0.445 e. The van der Waals surface area contributed by atoms with Crippen LogP contribution in [0.5, 0.6) is 0 Å². The minimum Gasteiger partial charge on any atom is -0.445 e. The van der Waals surface area contributed by atoms with Crippen molar-refractivity contribution >= 4 is 12.2 Å². The average Bonchev–Trinajstić information content (AvgIpc) is 2.62. The Balaban J connectivity index is 1.69. The van der Waals surface area contributed by atoms with E-state index >= 15 is 0 Å². The van der Waals surface area contributed by atoms with Crippen LogP contribution in [0.4, 0.5) is 4.79 Å². The first-order valence-electron chi connectivity index (χ1n) is 7.85. The molecule has 1 amide bonds. The molecular weight excluding hydrogens is 300 g/mol. The van der Waals surface area contributed by atoms with Gasteiger partial charge >= 0.3 is 6.09 Å². The molecule has 2 aromatic carbocycles. The van der Waals surface area contributed by atoms with Gasteiger partial charge in [-0.05, 0) is 23.1 Å². The zero-order chi connectivity index (χ0) is 17.0. The summed E-state index contributed by atoms with van der Waals surface area (Å²) in [5.74, 6) is 0. The van der Waals surface area contributed by atoms with Gasteiger partial charge in [0.2, 0.25) is 0 Å². The van der Waals surface area contributed by atoms with Gasteiger partial charge in [0.15, 0.2) is 0 Å². The number of rotatable bonds is 7. The van der Waals surface area contributed by atoms with E-state index in [0.717, 1.165) is 16.7 Å². The third-order valence-corrected chi connectivity index (χ3v) is 3.42. The molecule has 0 saturated carbocycles. The normalized spacial score (nSPS) is 10.3. The first kappa shape index (κ1) is 17.3. The zero-order valence-electron chi connectivity index (χ0n) is 13.4. The molecule has 0 fully saturated rings. The molecule has 1 N–H and O–H groups in total. The summed E-state index contributed by atoms with van der Waals surface area (Å²) in [5.41, 5.74) is 3.00. The van der Waals surface area contributed by atoms with Crippen LogP contribution in [-0.4, -0.2) is 12.6 Å². The van der Waals surface area contributed by atoms with Gasteiger partial charge in [0.25, 0.3) is 0 Å². The molecule has 2 rings (SSSR count). The highest BCUT2D eigenvalue weighted by molar-refractivity contribution is 5.67. The van der Waals surface area contributed by atoms with Gasteiger partial charge in [-0.3, -0.25) is 0 Å². The van der Waals surface area contributed by atoms with Crippen LogP contribution < -0.4 is 5.32 Å². The molecule has 0 heterocycles. The number of carbonyl (C=O) groups is 1. The summed E-state index contributed by atoms with van der Waals surface area (Å²) in [7, 11) is 0. The van der Waals surface area contributed by atoms with Crippen molar-refractivity contribution in [1.82, 2.24) is 5.32 Å². The molecule has 0 spiro atoms. The highest BCUT2D eigenvalue weighted by Gasteiger charge is 2.01. The van der Waals surface area contributed by atoms with Crippen molar-refractivity contribution in [2.24, 2.45) is 0 Å². The van der Waals surface area contributed by atoms with Crippen LogP contribution in [0.3, 0.4) is 0 Å². The van der Waals surface area contributed by atoms with Crippen molar-refractivity contribution in [3.8, 4) is 6.07 Å². The quantitative estimate of drug-likeness (QED) is 0.782. The van der Waals surface area contributed by atoms with Gasteiger partial charge in [-0.1, -0.05) is 66.7 Å². The lowest BCUT2D eigenvalue weighted by atomic mass is 10.0. The molecule has 0 unspecified atom stereocenters. The maximum atomic E-state index is 11.6. The first-order valence-corrected chi connectivity index (χ1v) is 7.85. The molecule has 2 aromatic rings. The smallest absolute Gasteiger partial charge is 0.407 e. The van der Waals surface area contributed by atoms with Crippen LogP contribution >= 0.6 is 0 Å². The third-order valence-electron chi connectivity index (χ3n) is 3.42. The average molecular weight is 320 g/mol. The molecule has 0 bridgehead atoms. The summed E-state index contributed by atoms with van der Waals surface area (Å²) >= 11 is 0. The molecule has 122 valence electrons. The lowest BCUT2D eigenvalue weighted by molar-refractivity contribution is 0.140. The van der Waals surface area contributed by atoms with E-state index in [4.69, 9.17) is 10.00 Å². The minimum absolute atomic E-state index is 0.268. The number of hydrogen-bond donors (Lipinski definition) is 1. The first-order chi connectivity index (χ1) is 11.8. The van der Waals surface area contributed by atoms with Crippen LogP contribution in [0.2, 0.25) is 0 Å². The van der Waals surface area contributed by atoms with Gasteiger partial charge in [0.1, 0.15) is 6.61 Å². The number of benzene rings is 2. The molecule has 0 aliphatic heterocycles. The van der Waals surface area contributed by atoms with E-state index in [1.54, 1.807) is 0 Å². The Kier molecular flexibility index (Phi) is 7.10. The molecule has 0 aromatic heterocycles. The summed E-state index contributed by atoms with van der Waals surface area (Å²) in [4.78, 5) is 11.6. The van der Waals surface area contributed by atoms with E-state index in [1.807, 2.05) is 66.7 Å². The summed E-state index contributed by atoms with van der Waals surface area (Å²) in [6.07, 6.45) is 4.63. The lowest BCUT2D eigenvalue weighted by Crippen LogP contribution is -2.24. The minimum atomic E-state index is -0.419. The third kappa shape index (κ3) is 5.98. The highest BCUT2D eigenvalue weighted by atomic mass is 16.5. The van der Waals surface area contributed by atoms with Gasteiger partial charge in [0.05, 0.1) is 12.5 Å². The van der Waals surface area contributed by atoms with Crippen molar-refractivity contribution in [2.75, 3.05) is 6.54 Å². The Bertz CT molecular complexity index is 718. The number of nitrogens with zero attached hydrogens (tertiary/aromatic N) is 1. The molecule has 4 nitrogen and oxygen atoms in total. The molecule has 0 aliphatic rings. The van der Waals surface area contributed by atoms with Crippen molar-refractivity contribution in [1.29, 1.82) is 5.26 Å². The molecule has 4 heteroatoms. The topological polar surface area (TPSA) is 62.1 Å². The van der Waals surface area contributed by atoms with Gasteiger partial charge in [-0.2, -0.15) is 5.26 Å². The zero-order valence-corrected chi connectivity index (χ0v) is 13.4. The Morgan fingerprint density at radius 2 is 1.88 bits per heavy atom. The second-order valence-corrected chi connectivity index (χ2v) is 5.21. The van der Waals surface area contributed by atoms with Crippen molar-refractivity contribution < 1.29 is 9.53 Å². The summed E-state index contributed by atoms with van der Waals surface area (Å²) in [6.45, 7) is 0.772. The number of ether oxygens (including phenoxy) is 1. The number of carbonyl (C=O) groups excluding carboxylic acids is 1. The second-order valence-electron chi connectivity index (χ2n) is 5.21. The Hall–Kier alpha value is -3.06. The van der Waals surface area contributed by atoms with E-state index in [-0.39, 0.29) is 6.61 Å². The maximum Gasteiger partial charge on any atom is 0.407 e. The van der Waals surface area contributed by atoms with E-state index in [2.05, 4.69) is 11.4 Å². The Morgan fingerprint density at radius 1 is 1.12 bits per heavy atom. The van der Waals surface area contributed by atoms with Gasteiger partial charge < -0.3 is 10.1 Å². The van der Waals surface area contributed by atoms with Crippen LogP contribution in [0.1, 0.15) is 23.1 Å². The van der Waals surface area contributed by atoms with E-state index in [1.165, 1.54) is 0 Å². The van der Waals surface area contributed by atoms with E-state index in [9.17, 15) is 4.79 Å². The maximum absolute atomic E-state index is 11.6. The van der Waals surface area contributed by atoms with Crippen LogP contribution in [-0.2, 0) is 17.8 Å². The van der Waals surface area contributed by atoms with Crippen LogP contribution in [0, 0.1) is 11.3 Å². The number of hydrogen-bond acceptors (Lipinski definition) is 3. The highest BCUT2D eigenvalue weighted by Crippen LogP contribution is 2.11. The number of alkyl carbamates (subject to hydrolysis) is 1. The van der Waals surface area contributed by atoms with Crippen molar-refractivity contribution in [3.05, 3.63) is 77.4 Å². The van der Waals surface area contributed by atoms with Crippen molar-refractivity contribution in [3.63, 3.8) is 0 Å². The summed E-state index contributed by atoms with van der Waals surface area (Å²) in [6, 6.07) is 19.5. The van der Waals surface area contributed by atoms with Crippen LogP contribution in [0.15, 0.2) is 60.7 Å². The van der Waals surface area contributed by atoms with E-state index in [0.29, 0.717) is 19.4 Å². The molecule has 0 aliphatic carbocycles. The number of nitrogens with one attached hydrogen (secondary N) is 1. The van der Waals surface area contributed by atoms with Crippen molar-refractivity contribution in [2.45, 2.75) is 19.4 Å². The van der Waals surface area contributed by atoms with E-state index < -0.39 is 6.09 Å².